The zero-order chi connectivity index (χ0) is 31.1. The summed E-state index contributed by atoms with van der Waals surface area (Å²) in [6.07, 6.45) is -0.195. The van der Waals surface area contributed by atoms with E-state index in [4.69, 9.17) is 23.2 Å². The fraction of sp³-hybridized carbons (Fsp3) is 0.276. The summed E-state index contributed by atoms with van der Waals surface area (Å²) in [7, 11) is 0. The normalized spacial score (nSPS) is 18.5. The van der Waals surface area contributed by atoms with Gasteiger partial charge in [-0.2, -0.15) is 5.26 Å². The van der Waals surface area contributed by atoms with Crippen LogP contribution in [-0.2, 0) is 14.4 Å². The van der Waals surface area contributed by atoms with Crippen LogP contribution in [0.4, 0.5) is 29.1 Å². The van der Waals surface area contributed by atoms with Gasteiger partial charge in [-0.05, 0) is 42.8 Å². The molecular formula is C29H21Cl2F4N5O3. The Morgan fingerprint density at radius 3 is 2.42 bits per heavy atom. The maximum atomic E-state index is 14.6. The molecule has 8 nitrogen and oxygen atoms in total. The lowest BCUT2D eigenvalue weighted by atomic mass is 9.87. The molecule has 43 heavy (non-hydrogen) atoms. The Morgan fingerprint density at radius 2 is 1.79 bits per heavy atom. The second kappa shape index (κ2) is 11.8. The summed E-state index contributed by atoms with van der Waals surface area (Å²) in [5.74, 6) is -7.57. The van der Waals surface area contributed by atoms with Crippen molar-refractivity contribution in [1.82, 2.24) is 10.3 Å². The Hall–Kier alpha value is -4.21. The molecule has 2 fully saturated rings. The van der Waals surface area contributed by atoms with E-state index in [0.717, 1.165) is 21.9 Å². The third kappa shape index (κ3) is 6.28. The monoisotopic (exact) mass is 633 g/mol. The Balaban J connectivity index is 1.64. The molecule has 1 unspecified atom stereocenters. The number of nitrogens with zero attached hydrogens (tertiary/aromatic N) is 4. The lowest BCUT2D eigenvalue weighted by Crippen LogP contribution is -2.56. The van der Waals surface area contributed by atoms with Gasteiger partial charge in [0.1, 0.15) is 29.5 Å². The van der Waals surface area contributed by atoms with Gasteiger partial charge in [0.2, 0.25) is 11.8 Å². The predicted octanol–water partition coefficient (Wildman–Crippen LogP) is 5.72. The van der Waals surface area contributed by atoms with E-state index in [0.29, 0.717) is 6.07 Å². The van der Waals surface area contributed by atoms with Crippen molar-refractivity contribution in [1.29, 1.82) is 5.26 Å². The quantitative estimate of drug-likeness (QED) is 0.335. The first-order valence-corrected chi connectivity index (χ1v) is 13.7. The highest BCUT2D eigenvalue weighted by molar-refractivity contribution is 6.35. The van der Waals surface area contributed by atoms with Crippen molar-refractivity contribution in [3.8, 4) is 6.07 Å². The van der Waals surface area contributed by atoms with E-state index in [2.05, 4.69) is 10.3 Å². The molecule has 2 aliphatic rings. The number of alkyl halides is 2. The highest BCUT2D eigenvalue weighted by Gasteiger charge is 2.48. The Labute approximate surface area is 252 Å². The molecule has 0 spiro atoms. The first-order valence-electron chi connectivity index (χ1n) is 13.0. The molecule has 0 radical (unpaired) electrons. The van der Waals surface area contributed by atoms with Crippen LogP contribution in [0.25, 0.3) is 0 Å². The van der Waals surface area contributed by atoms with E-state index < -0.39 is 71.9 Å². The molecule has 1 aromatic heterocycles. The highest BCUT2D eigenvalue weighted by atomic mass is 35.5. The molecule has 2 aromatic carbocycles. The SMILES string of the molecule is N#Cc1ccnc(N2C(=O)CCC2C(=O)N(c2cc(F)cc(F)c2)[C@H](C(=O)NC2CC(F)(F)C2)c2ccc(Cl)cc2Cl)c1. The van der Waals surface area contributed by atoms with E-state index in [1.165, 1.54) is 36.5 Å². The molecule has 3 amide bonds. The fourth-order valence-electron chi connectivity index (χ4n) is 5.23. The molecule has 0 bridgehead atoms. The smallest absolute Gasteiger partial charge is 0.252 e. The zero-order valence-corrected chi connectivity index (χ0v) is 23.5. The number of carbonyl (C=O) groups is 3. The first kappa shape index (κ1) is 30.3. The zero-order valence-electron chi connectivity index (χ0n) is 22.0. The van der Waals surface area contributed by atoms with E-state index in [-0.39, 0.29) is 39.8 Å². The van der Waals surface area contributed by atoms with Crippen molar-refractivity contribution in [2.24, 2.45) is 0 Å². The number of amides is 3. The van der Waals surface area contributed by atoms with Crippen molar-refractivity contribution in [2.45, 2.75) is 49.7 Å². The van der Waals surface area contributed by atoms with E-state index in [1.807, 2.05) is 6.07 Å². The summed E-state index contributed by atoms with van der Waals surface area (Å²) in [6.45, 7) is 0. The lowest BCUT2D eigenvalue weighted by molar-refractivity contribution is -0.133. The molecular weight excluding hydrogens is 613 g/mol. The van der Waals surface area contributed by atoms with Crippen molar-refractivity contribution in [3.63, 3.8) is 0 Å². The van der Waals surface area contributed by atoms with Crippen LogP contribution < -0.4 is 15.1 Å². The number of hydrogen-bond donors (Lipinski definition) is 1. The summed E-state index contributed by atoms with van der Waals surface area (Å²) in [5.41, 5.74) is -0.263. The van der Waals surface area contributed by atoms with Gasteiger partial charge in [0.05, 0.1) is 17.3 Å². The fourth-order valence-corrected chi connectivity index (χ4v) is 5.74. The number of carbonyl (C=O) groups excluding carboxylic acids is 3. The molecule has 1 aliphatic carbocycles. The molecule has 1 saturated heterocycles. The van der Waals surface area contributed by atoms with Crippen molar-refractivity contribution in [3.05, 3.63) is 87.5 Å². The van der Waals surface area contributed by atoms with Crippen LogP contribution in [0.5, 0.6) is 0 Å². The van der Waals surface area contributed by atoms with Crippen LogP contribution in [-0.4, -0.2) is 40.7 Å². The minimum atomic E-state index is -2.98. The number of hydrogen-bond acceptors (Lipinski definition) is 5. The number of nitrogens with one attached hydrogen (secondary N) is 1. The number of rotatable bonds is 7. The van der Waals surface area contributed by atoms with E-state index in [9.17, 15) is 37.2 Å². The second-order valence-electron chi connectivity index (χ2n) is 10.2. The van der Waals surface area contributed by atoms with Gasteiger partial charge in [-0.3, -0.25) is 24.2 Å². The van der Waals surface area contributed by atoms with E-state index >= 15 is 0 Å². The summed E-state index contributed by atoms with van der Waals surface area (Å²) < 4.78 is 56.4. The van der Waals surface area contributed by atoms with Gasteiger partial charge in [-0.25, -0.2) is 22.5 Å². The molecule has 5 rings (SSSR count). The number of nitriles is 1. The molecule has 3 aromatic rings. The summed E-state index contributed by atoms with van der Waals surface area (Å²) >= 11 is 12.5. The molecule has 1 saturated carbocycles. The number of aromatic nitrogens is 1. The third-order valence-corrected chi connectivity index (χ3v) is 7.74. The summed E-state index contributed by atoms with van der Waals surface area (Å²) in [5, 5.41) is 11.9. The van der Waals surface area contributed by atoms with Gasteiger partial charge >= 0.3 is 0 Å². The van der Waals surface area contributed by atoms with Crippen LogP contribution in [0, 0.1) is 23.0 Å². The largest absolute Gasteiger partial charge is 0.351 e. The van der Waals surface area contributed by atoms with Gasteiger partial charge in [0.25, 0.3) is 11.8 Å². The second-order valence-corrected chi connectivity index (χ2v) is 11.1. The minimum absolute atomic E-state index is 0.0202. The summed E-state index contributed by atoms with van der Waals surface area (Å²) in [4.78, 5) is 47.3. The van der Waals surface area contributed by atoms with Gasteiger partial charge in [-0.15, -0.1) is 0 Å². The van der Waals surface area contributed by atoms with Gasteiger partial charge < -0.3 is 5.32 Å². The van der Waals surface area contributed by atoms with Gasteiger partial charge in [0.15, 0.2) is 0 Å². The maximum absolute atomic E-state index is 14.6. The Morgan fingerprint density at radius 1 is 1.09 bits per heavy atom. The van der Waals surface area contributed by atoms with E-state index in [1.54, 1.807) is 0 Å². The van der Waals surface area contributed by atoms with Crippen LogP contribution in [0.2, 0.25) is 10.0 Å². The number of anilines is 2. The molecule has 222 valence electrons. The number of pyridine rings is 1. The van der Waals surface area contributed by atoms with Gasteiger partial charge in [0, 0.05) is 53.2 Å². The van der Waals surface area contributed by atoms with Crippen molar-refractivity contribution in [2.75, 3.05) is 9.80 Å². The number of halogens is 6. The van der Waals surface area contributed by atoms with Crippen LogP contribution in [0.1, 0.15) is 42.9 Å². The van der Waals surface area contributed by atoms with Crippen LogP contribution in [0.15, 0.2) is 54.7 Å². The van der Waals surface area contributed by atoms with Crippen LogP contribution >= 0.6 is 23.2 Å². The predicted molar refractivity (Wildman–Crippen MR) is 149 cm³/mol. The molecule has 2 heterocycles. The summed E-state index contributed by atoms with van der Waals surface area (Å²) in [6, 6.07) is 6.81. The third-order valence-electron chi connectivity index (χ3n) is 7.18. The molecule has 2 atom stereocenters. The highest BCUT2D eigenvalue weighted by Crippen LogP contribution is 2.40. The first-order chi connectivity index (χ1) is 20.4. The topological polar surface area (TPSA) is 106 Å². The van der Waals surface area contributed by atoms with Crippen LogP contribution in [0.3, 0.4) is 0 Å². The van der Waals surface area contributed by atoms with Gasteiger partial charge in [-0.1, -0.05) is 29.3 Å². The Bertz CT molecular complexity index is 1640. The maximum Gasteiger partial charge on any atom is 0.252 e. The molecule has 1 aliphatic heterocycles. The van der Waals surface area contributed by atoms with Crippen molar-refractivity contribution < 1.29 is 31.9 Å². The minimum Gasteiger partial charge on any atom is -0.351 e. The molecule has 14 heteroatoms. The number of benzene rings is 2. The standard InChI is InChI=1S/C29H21Cl2F4N5O3/c30-16-1-2-21(22(31)8-16)26(27(42)38-19-12-29(34,35)13-19)39(20-10-17(32)9-18(33)11-20)28(43)23-3-4-25(41)40(23)24-7-15(14-36)5-6-37-24/h1-2,5-11,19,23,26H,3-4,12-13H2,(H,38,42)/t23?,26-/m0/s1. The average Bonchev–Trinajstić information content (AvgIpc) is 3.31. The Kier molecular flexibility index (Phi) is 8.31. The molecule has 1 N–H and O–H groups in total. The van der Waals surface area contributed by atoms with Crippen molar-refractivity contribution >= 4 is 52.4 Å². The lowest BCUT2D eigenvalue weighted by Gasteiger charge is -2.39. The average molecular weight is 634 g/mol.